The third kappa shape index (κ3) is 3.54. The number of benzene rings is 2. The molecular formula is C16H13Cl3N2O2S. The Morgan fingerprint density at radius 3 is 2.33 bits per heavy atom. The van der Waals surface area contributed by atoms with Gasteiger partial charge in [-0.2, -0.15) is 17.9 Å². The molecule has 4 nitrogen and oxygen atoms in total. The molecule has 2 aromatic carbocycles. The van der Waals surface area contributed by atoms with Crippen LogP contribution in [-0.4, -0.2) is 25.1 Å². The van der Waals surface area contributed by atoms with Crippen molar-refractivity contribution in [2.24, 2.45) is 5.10 Å². The zero-order valence-electron chi connectivity index (χ0n) is 12.4. The summed E-state index contributed by atoms with van der Waals surface area (Å²) in [6.07, 6.45) is 1.34. The highest BCUT2D eigenvalue weighted by Gasteiger charge is 2.26. The molecular weight excluding hydrogens is 391 g/mol. The molecule has 0 unspecified atom stereocenters. The number of hydrogen-bond donors (Lipinski definition) is 0. The Morgan fingerprint density at radius 2 is 1.67 bits per heavy atom. The summed E-state index contributed by atoms with van der Waals surface area (Å²) in [7, 11) is -3.71. The first-order valence-electron chi connectivity index (χ1n) is 7.19. The van der Waals surface area contributed by atoms with Crippen molar-refractivity contribution in [2.45, 2.75) is 17.7 Å². The monoisotopic (exact) mass is 402 g/mol. The van der Waals surface area contributed by atoms with E-state index in [1.54, 1.807) is 30.3 Å². The van der Waals surface area contributed by atoms with Gasteiger partial charge in [-0.05, 0) is 54.8 Å². The minimum absolute atomic E-state index is 0.158. The molecule has 0 saturated carbocycles. The maximum Gasteiger partial charge on any atom is 0.279 e. The molecule has 3 rings (SSSR count). The molecule has 1 aliphatic heterocycles. The van der Waals surface area contributed by atoms with Crippen LogP contribution in [0, 0.1) is 0 Å². The molecule has 0 amide bonds. The van der Waals surface area contributed by atoms with Gasteiger partial charge in [-0.25, -0.2) is 0 Å². The first-order chi connectivity index (χ1) is 11.4. The fourth-order valence-electron chi connectivity index (χ4n) is 2.40. The summed E-state index contributed by atoms with van der Waals surface area (Å²) >= 11 is 17.8. The predicted molar refractivity (Wildman–Crippen MR) is 97.6 cm³/mol. The lowest BCUT2D eigenvalue weighted by Crippen LogP contribution is -2.32. The number of rotatable bonds is 3. The van der Waals surface area contributed by atoms with E-state index >= 15 is 0 Å². The van der Waals surface area contributed by atoms with Gasteiger partial charge in [0.2, 0.25) is 0 Å². The molecule has 0 aliphatic carbocycles. The van der Waals surface area contributed by atoms with Crippen LogP contribution in [0.25, 0.3) is 0 Å². The Morgan fingerprint density at radius 1 is 0.958 bits per heavy atom. The Labute approximate surface area is 155 Å². The van der Waals surface area contributed by atoms with Gasteiger partial charge in [0.25, 0.3) is 10.0 Å². The zero-order valence-corrected chi connectivity index (χ0v) is 15.5. The van der Waals surface area contributed by atoms with Crippen LogP contribution in [0.2, 0.25) is 15.1 Å². The van der Waals surface area contributed by atoms with E-state index in [1.165, 1.54) is 12.1 Å². The molecule has 2 aromatic rings. The molecule has 24 heavy (non-hydrogen) atoms. The molecule has 0 radical (unpaired) electrons. The van der Waals surface area contributed by atoms with E-state index in [-0.39, 0.29) is 4.90 Å². The van der Waals surface area contributed by atoms with Gasteiger partial charge in [0.15, 0.2) is 0 Å². The van der Waals surface area contributed by atoms with Crippen molar-refractivity contribution in [3.63, 3.8) is 0 Å². The second-order valence-corrected chi connectivity index (χ2v) is 8.38. The summed E-state index contributed by atoms with van der Waals surface area (Å²) < 4.78 is 26.6. The van der Waals surface area contributed by atoms with Crippen LogP contribution in [0.1, 0.15) is 18.4 Å². The normalized spacial score (nSPS) is 15.3. The van der Waals surface area contributed by atoms with Gasteiger partial charge in [-0.1, -0.05) is 40.9 Å². The predicted octanol–water partition coefficient (Wildman–Crippen LogP) is 4.84. The second kappa shape index (κ2) is 6.92. The van der Waals surface area contributed by atoms with Crippen LogP contribution < -0.4 is 0 Å². The fourth-order valence-corrected chi connectivity index (χ4v) is 4.12. The van der Waals surface area contributed by atoms with Crippen molar-refractivity contribution in [2.75, 3.05) is 6.54 Å². The molecule has 0 atom stereocenters. The summed E-state index contributed by atoms with van der Waals surface area (Å²) in [5.41, 5.74) is 1.43. The Hall–Kier alpha value is -1.27. The Balaban J connectivity index is 1.96. The van der Waals surface area contributed by atoms with Gasteiger partial charge >= 0.3 is 0 Å². The number of sulfonamides is 1. The summed E-state index contributed by atoms with van der Waals surface area (Å²) in [5, 5.41) is 5.66. The lowest BCUT2D eigenvalue weighted by atomic mass is 10.1. The summed E-state index contributed by atoms with van der Waals surface area (Å²) in [6.45, 7) is 0.329. The van der Waals surface area contributed by atoms with Crippen molar-refractivity contribution < 1.29 is 8.42 Å². The topological polar surface area (TPSA) is 49.7 Å². The third-order valence-corrected chi connectivity index (χ3v) is 6.32. The van der Waals surface area contributed by atoms with E-state index in [0.717, 1.165) is 9.98 Å². The highest BCUT2D eigenvalue weighted by Crippen LogP contribution is 2.26. The average Bonchev–Trinajstić information content (AvgIpc) is 2.58. The lowest BCUT2D eigenvalue weighted by molar-refractivity contribution is 0.410. The van der Waals surface area contributed by atoms with Gasteiger partial charge in [-0.15, -0.1) is 0 Å². The van der Waals surface area contributed by atoms with Gasteiger partial charge in [0.1, 0.15) is 0 Å². The first-order valence-corrected chi connectivity index (χ1v) is 9.76. The smallest absolute Gasteiger partial charge is 0.200 e. The number of hydrazone groups is 1. The van der Waals surface area contributed by atoms with Gasteiger partial charge in [-0.3, -0.25) is 0 Å². The van der Waals surface area contributed by atoms with Crippen molar-refractivity contribution >= 4 is 50.5 Å². The Kier molecular flexibility index (Phi) is 5.06. The van der Waals surface area contributed by atoms with E-state index in [2.05, 4.69) is 5.10 Å². The van der Waals surface area contributed by atoms with Gasteiger partial charge in [0, 0.05) is 5.02 Å². The molecule has 126 valence electrons. The van der Waals surface area contributed by atoms with E-state index in [9.17, 15) is 8.42 Å². The van der Waals surface area contributed by atoms with E-state index in [4.69, 9.17) is 34.8 Å². The average molecular weight is 404 g/mol. The SMILES string of the molecule is O=S(=O)(c1ccc(Cl)cc1)N1CCCC(c2ccc(Cl)c(Cl)c2)=N1. The molecule has 0 N–H and O–H groups in total. The summed E-state index contributed by atoms with van der Waals surface area (Å²) in [4.78, 5) is 0.158. The second-order valence-electron chi connectivity index (χ2n) is 5.28. The van der Waals surface area contributed by atoms with Crippen LogP contribution >= 0.6 is 34.8 Å². The maximum atomic E-state index is 12.7. The molecule has 1 heterocycles. The largest absolute Gasteiger partial charge is 0.279 e. The van der Waals surface area contributed by atoms with Crippen molar-refractivity contribution in [1.82, 2.24) is 4.41 Å². The molecule has 0 spiro atoms. The quantitative estimate of drug-likeness (QED) is 0.736. The zero-order chi connectivity index (χ0) is 17.3. The van der Waals surface area contributed by atoms with Crippen LogP contribution in [-0.2, 0) is 10.0 Å². The molecule has 0 aromatic heterocycles. The van der Waals surface area contributed by atoms with Crippen LogP contribution in [0.15, 0.2) is 52.5 Å². The summed E-state index contributed by atoms with van der Waals surface area (Å²) in [5.74, 6) is 0. The van der Waals surface area contributed by atoms with Crippen molar-refractivity contribution in [3.8, 4) is 0 Å². The van der Waals surface area contributed by atoms with E-state index in [0.29, 0.717) is 40.2 Å². The highest BCUT2D eigenvalue weighted by molar-refractivity contribution is 7.89. The van der Waals surface area contributed by atoms with Crippen LogP contribution in [0.5, 0.6) is 0 Å². The maximum absolute atomic E-state index is 12.7. The highest BCUT2D eigenvalue weighted by atomic mass is 35.5. The minimum Gasteiger partial charge on any atom is -0.200 e. The standard InChI is InChI=1S/C16H13Cl3N2O2S/c17-12-4-6-13(7-5-12)24(22,23)21-9-1-2-16(20-21)11-3-8-14(18)15(19)10-11/h3-8,10H,1-2,9H2. The summed E-state index contributed by atoms with van der Waals surface area (Å²) in [6, 6.07) is 11.2. The van der Waals surface area contributed by atoms with Crippen molar-refractivity contribution in [3.05, 3.63) is 63.1 Å². The molecule has 0 fully saturated rings. The van der Waals surface area contributed by atoms with Crippen LogP contribution in [0.4, 0.5) is 0 Å². The molecule has 0 saturated heterocycles. The first kappa shape index (κ1) is 17.5. The fraction of sp³-hybridized carbons (Fsp3) is 0.188. The molecule has 1 aliphatic rings. The van der Waals surface area contributed by atoms with Gasteiger partial charge in [0.05, 0.1) is 27.2 Å². The minimum atomic E-state index is -3.71. The molecule has 8 heteroatoms. The number of hydrogen-bond acceptors (Lipinski definition) is 3. The van der Waals surface area contributed by atoms with Crippen molar-refractivity contribution in [1.29, 1.82) is 0 Å². The number of halogens is 3. The Bertz CT molecular complexity index is 896. The lowest BCUT2D eigenvalue weighted by Gasteiger charge is -2.25. The van der Waals surface area contributed by atoms with Gasteiger partial charge < -0.3 is 0 Å². The van der Waals surface area contributed by atoms with Crippen LogP contribution in [0.3, 0.4) is 0 Å². The van der Waals surface area contributed by atoms with E-state index < -0.39 is 10.0 Å². The van der Waals surface area contributed by atoms with E-state index in [1.807, 2.05) is 0 Å². The third-order valence-electron chi connectivity index (χ3n) is 3.64. The number of nitrogens with zero attached hydrogens (tertiary/aromatic N) is 2. The molecule has 0 bridgehead atoms.